The van der Waals surface area contributed by atoms with Crippen molar-refractivity contribution < 1.29 is 22.7 Å². The zero-order valence-corrected chi connectivity index (χ0v) is 23.9. The van der Waals surface area contributed by atoms with Gasteiger partial charge in [0.05, 0.1) is 34.9 Å². The summed E-state index contributed by atoms with van der Waals surface area (Å²) in [5.41, 5.74) is 1.23. The van der Waals surface area contributed by atoms with Gasteiger partial charge in [0.1, 0.15) is 5.75 Å². The first-order chi connectivity index (χ1) is 18.4. The summed E-state index contributed by atoms with van der Waals surface area (Å²) >= 11 is 1.45. The van der Waals surface area contributed by atoms with E-state index in [2.05, 4.69) is 4.90 Å². The van der Waals surface area contributed by atoms with Crippen LogP contribution in [0.2, 0.25) is 0 Å². The molecule has 1 saturated heterocycles. The van der Waals surface area contributed by atoms with Crippen LogP contribution in [0.4, 0.5) is 5.13 Å². The van der Waals surface area contributed by atoms with Crippen LogP contribution in [0.1, 0.15) is 37.6 Å². The van der Waals surface area contributed by atoms with E-state index in [0.29, 0.717) is 36.9 Å². The van der Waals surface area contributed by atoms with Crippen LogP contribution in [0.5, 0.6) is 5.75 Å². The van der Waals surface area contributed by atoms with E-state index in [9.17, 15) is 13.2 Å². The van der Waals surface area contributed by atoms with Crippen LogP contribution in [-0.4, -0.2) is 87.6 Å². The van der Waals surface area contributed by atoms with Crippen molar-refractivity contribution in [3.63, 3.8) is 0 Å². The Morgan fingerprint density at radius 1 is 1.08 bits per heavy atom. The highest BCUT2D eigenvalue weighted by Gasteiger charge is 2.25. The molecule has 1 aliphatic rings. The molecular weight excluding hydrogens is 524 g/mol. The van der Waals surface area contributed by atoms with E-state index in [1.807, 2.05) is 39.0 Å². The zero-order chi connectivity index (χ0) is 27.1. The predicted molar refractivity (Wildman–Crippen MR) is 151 cm³/mol. The van der Waals surface area contributed by atoms with Crippen LogP contribution in [-0.2, 0) is 14.8 Å². The number of benzene rings is 2. The molecule has 0 radical (unpaired) electrons. The molecule has 1 amide bonds. The van der Waals surface area contributed by atoms with E-state index in [-0.39, 0.29) is 10.8 Å². The normalized spacial score (nSPS) is 14.7. The fourth-order valence-corrected chi connectivity index (χ4v) is 6.94. The highest BCUT2D eigenvalue weighted by molar-refractivity contribution is 7.89. The van der Waals surface area contributed by atoms with Crippen molar-refractivity contribution in [1.29, 1.82) is 0 Å². The maximum atomic E-state index is 13.8. The van der Waals surface area contributed by atoms with Crippen molar-refractivity contribution in [3.05, 3.63) is 48.0 Å². The summed E-state index contributed by atoms with van der Waals surface area (Å²) in [6.07, 6.45) is 0.778. The number of nitrogens with zero attached hydrogens (tertiary/aromatic N) is 4. The number of sulfonamides is 1. The number of amides is 1. The molecule has 0 saturated carbocycles. The first-order valence-corrected chi connectivity index (χ1v) is 15.4. The quantitative estimate of drug-likeness (QED) is 0.329. The summed E-state index contributed by atoms with van der Waals surface area (Å²) in [5, 5.41) is 0.612. The van der Waals surface area contributed by atoms with Gasteiger partial charge in [-0.3, -0.25) is 14.6 Å². The van der Waals surface area contributed by atoms with Gasteiger partial charge in [0.2, 0.25) is 10.0 Å². The highest BCUT2D eigenvalue weighted by Crippen LogP contribution is 2.32. The van der Waals surface area contributed by atoms with Crippen LogP contribution >= 0.6 is 11.3 Å². The molecule has 2 aromatic carbocycles. The number of anilines is 1. The number of aromatic nitrogens is 1. The Hall–Kier alpha value is -2.57. The largest absolute Gasteiger partial charge is 0.494 e. The molecule has 0 unspecified atom stereocenters. The topological polar surface area (TPSA) is 92.3 Å². The van der Waals surface area contributed by atoms with Crippen LogP contribution in [0.3, 0.4) is 0 Å². The van der Waals surface area contributed by atoms with E-state index in [1.165, 1.54) is 27.8 Å². The molecule has 9 nitrogen and oxygen atoms in total. The minimum Gasteiger partial charge on any atom is -0.494 e. The molecule has 3 aromatic rings. The molecule has 1 fully saturated rings. The lowest BCUT2D eigenvalue weighted by Crippen LogP contribution is -2.39. The average molecular weight is 561 g/mol. The van der Waals surface area contributed by atoms with Gasteiger partial charge in [-0.2, -0.15) is 4.31 Å². The van der Waals surface area contributed by atoms with Crippen molar-refractivity contribution in [2.45, 2.75) is 32.1 Å². The van der Waals surface area contributed by atoms with Gasteiger partial charge in [-0.05, 0) is 55.8 Å². The second-order valence-electron chi connectivity index (χ2n) is 8.94. The van der Waals surface area contributed by atoms with Gasteiger partial charge in [0.25, 0.3) is 5.91 Å². The molecule has 1 aliphatic heterocycles. The van der Waals surface area contributed by atoms with Crippen LogP contribution in [0, 0.1) is 0 Å². The number of morpholine rings is 1. The summed E-state index contributed by atoms with van der Waals surface area (Å²) in [5.74, 6) is 0.563. The van der Waals surface area contributed by atoms with Gasteiger partial charge in [-0.25, -0.2) is 13.4 Å². The third-order valence-electron chi connectivity index (χ3n) is 6.54. The molecule has 1 aromatic heterocycles. The van der Waals surface area contributed by atoms with Crippen molar-refractivity contribution in [1.82, 2.24) is 14.2 Å². The van der Waals surface area contributed by atoms with Gasteiger partial charge in [0, 0.05) is 44.8 Å². The van der Waals surface area contributed by atoms with Gasteiger partial charge in [0.15, 0.2) is 5.13 Å². The Labute approximate surface area is 229 Å². The standard InChI is InChI=1S/C27H36N4O5S2/c1-4-30(5-2)38(33,34)23-11-8-21(9-12-23)26(32)31(15-7-14-29-16-18-35-19-17-29)27-28-24-13-10-22(36-6-3)20-25(24)37-27/h8-13,20H,4-7,14-19H2,1-3H3. The second-order valence-corrected chi connectivity index (χ2v) is 11.9. The summed E-state index contributed by atoms with van der Waals surface area (Å²) in [6.45, 7) is 11.5. The monoisotopic (exact) mass is 560 g/mol. The number of thiazole rings is 1. The second kappa shape index (κ2) is 13.0. The molecule has 0 bridgehead atoms. The third kappa shape index (κ3) is 6.52. The fraction of sp³-hybridized carbons (Fsp3) is 0.481. The summed E-state index contributed by atoms with van der Waals surface area (Å²) < 4.78 is 39.2. The number of fused-ring (bicyclic) bond motifs is 1. The molecule has 0 N–H and O–H groups in total. The predicted octanol–water partition coefficient (Wildman–Crippen LogP) is 4.09. The number of ether oxygens (including phenoxy) is 2. The van der Waals surface area contributed by atoms with Gasteiger partial charge >= 0.3 is 0 Å². The number of hydrogen-bond donors (Lipinski definition) is 0. The molecule has 38 heavy (non-hydrogen) atoms. The molecule has 2 heterocycles. The zero-order valence-electron chi connectivity index (χ0n) is 22.3. The Bertz CT molecular complexity index is 1320. The summed E-state index contributed by atoms with van der Waals surface area (Å²) in [4.78, 5) is 22.7. The Morgan fingerprint density at radius 2 is 1.79 bits per heavy atom. The molecule has 0 atom stereocenters. The number of hydrogen-bond acceptors (Lipinski definition) is 8. The first-order valence-electron chi connectivity index (χ1n) is 13.1. The highest BCUT2D eigenvalue weighted by atomic mass is 32.2. The van der Waals surface area contributed by atoms with E-state index in [0.717, 1.165) is 55.2 Å². The smallest absolute Gasteiger partial charge is 0.260 e. The Balaban J connectivity index is 1.59. The van der Waals surface area contributed by atoms with E-state index in [1.54, 1.807) is 17.0 Å². The lowest BCUT2D eigenvalue weighted by molar-refractivity contribution is 0.0376. The maximum absolute atomic E-state index is 13.8. The molecule has 0 aliphatic carbocycles. The fourth-order valence-electron chi connectivity index (χ4n) is 4.46. The molecule has 4 rings (SSSR count). The molecular formula is C27H36N4O5S2. The lowest BCUT2D eigenvalue weighted by atomic mass is 10.2. The van der Waals surface area contributed by atoms with Crippen molar-refractivity contribution in [2.24, 2.45) is 0 Å². The van der Waals surface area contributed by atoms with Gasteiger partial charge in [-0.1, -0.05) is 25.2 Å². The van der Waals surface area contributed by atoms with Crippen molar-refractivity contribution in [3.8, 4) is 5.75 Å². The van der Waals surface area contributed by atoms with Crippen LogP contribution < -0.4 is 9.64 Å². The van der Waals surface area contributed by atoms with E-state index >= 15 is 0 Å². The van der Waals surface area contributed by atoms with Gasteiger partial charge < -0.3 is 9.47 Å². The molecule has 0 spiro atoms. The Kier molecular flexibility index (Phi) is 9.72. The first kappa shape index (κ1) is 28.4. The number of carbonyl (C=O) groups excluding carboxylic acids is 1. The minimum atomic E-state index is -3.60. The lowest BCUT2D eigenvalue weighted by Gasteiger charge is -2.27. The molecule has 11 heteroatoms. The molecule has 206 valence electrons. The summed E-state index contributed by atoms with van der Waals surface area (Å²) in [6, 6.07) is 11.9. The van der Waals surface area contributed by atoms with Crippen LogP contribution in [0.15, 0.2) is 47.4 Å². The summed E-state index contributed by atoms with van der Waals surface area (Å²) in [7, 11) is -3.60. The Morgan fingerprint density at radius 3 is 2.45 bits per heavy atom. The number of rotatable bonds is 12. The SMILES string of the molecule is CCOc1ccc2nc(N(CCCN3CCOCC3)C(=O)c3ccc(S(=O)(=O)N(CC)CC)cc3)sc2c1. The van der Waals surface area contributed by atoms with Crippen molar-refractivity contribution >= 4 is 42.6 Å². The minimum absolute atomic E-state index is 0.181. The van der Waals surface area contributed by atoms with Gasteiger partial charge in [-0.15, -0.1) is 0 Å². The number of carbonyl (C=O) groups is 1. The maximum Gasteiger partial charge on any atom is 0.260 e. The average Bonchev–Trinajstić information content (AvgIpc) is 3.35. The van der Waals surface area contributed by atoms with Crippen LogP contribution in [0.25, 0.3) is 10.2 Å². The van der Waals surface area contributed by atoms with E-state index < -0.39 is 10.0 Å². The van der Waals surface area contributed by atoms with E-state index in [4.69, 9.17) is 14.5 Å². The third-order valence-corrected chi connectivity index (χ3v) is 9.65. The van der Waals surface area contributed by atoms with Crippen molar-refractivity contribution in [2.75, 3.05) is 64.0 Å².